The lowest BCUT2D eigenvalue weighted by atomic mass is 9.78. The lowest BCUT2D eigenvalue weighted by molar-refractivity contribution is 0.0983. The van der Waals surface area contributed by atoms with Gasteiger partial charge in [-0.05, 0) is 12.5 Å². The van der Waals surface area contributed by atoms with Crippen molar-refractivity contribution in [2.24, 2.45) is 0 Å². The van der Waals surface area contributed by atoms with Crippen molar-refractivity contribution < 1.29 is 14.8 Å². The Kier molecular flexibility index (Phi) is 4.00. The quantitative estimate of drug-likeness (QED) is 0.535. The van der Waals surface area contributed by atoms with Gasteiger partial charge in [0.15, 0.2) is 5.78 Å². The molecule has 0 amide bonds. The molecule has 15 heavy (non-hydrogen) atoms. The van der Waals surface area contributed by atoms with Gasteiger partial charge >= 0.3 is 7.12 Å². The molecule has 2 N–H and O–H groups in total. The largest absolute Gasteiger partial charge is 0.490 e. The normalized spacial score (nSPS) is 10.1. The van der Waals surface area contributed by atoms with Gasteiger partial charge in [-0.3, -0.25) is 9.78 Å². The maximum absolute atomic E-state index is 11.4. The van der Waals surface area contributed by atoms with Gasteiger partial charge in [0.25, 0.3) is 0 Å². The molecule has 0 aliphatic heterocycles. The van der Waals surface area contributed by atoms with Crippen LogP contribution in [0.25, 0.3) is 0 Å². The summed E-state index contributed by atoms with van der Waals surface area (Å²) >= 11 is 0. The van der Waals surface area contributed by atoms with Crippen molar-refractivity contribution in [3.63, 3.8) is 0 Å². The average Bonchev–Trinajstić information content (AvgIpc) is 2.26. The monoisotopic (exact) mass is 207 g/mol. The van der Waals surface area contributed by atoms with E-state index in [1.165, 1.54) is 6.07 Å². The highest BCUT2D eigenvalue weighted by Gasteiger charge is 2.17. The third kappa shape index (κ3) is 2.64. The minimum absolute atomic E-state index is 0.0383. The summed E-state index contributed by atoms with van der Waals surface area (Å²) in [6.07, 6.45) is 0.967. The van der Waals surface area contributed by atoms with E-state index in [4.69, 9.17) is 10.0 Å². The van der Waals surface area contributed by atoms with Crippen LogP contribution in [0.3, 0.4) is 0 Å². The van der Waals surface area contributed by atoms with Crippen LogP contribution in [0.1, 0.15) is 36.5 Å². The van der Waals surface area contributed by atoms with Crippen molar-refractivity contribution in [2.45, 2.75) is 26.7 Å². The van der Waals surface area contributed by atoms with Gasteiger partial charge in [0, 0.05) is 17.6 Å². The van der Waals surface area contributed by atoms with E-state index in [1.54, 1.807) is 13.0 Å². The highest BCUT2D eigenvalue weighted by Crippen LogP contribution is 2.02. The third-order valence-electron chi connectivity index (χ3n) is 2.23. The molecule has 0 aromatic carbocycles. The number of nitrogens with zero attached hydrogens (tertiary/aromatic N) is 1. The molecule has 0 aliphatic carbocycles. The SMILES string of the molecule is CCC(=O)c1ccc(B(O)O)c(CC)n1. The molecule has 0 unspecified atom stereocenters. The molecule has 1 rings (SSSR count). The zero-order valence-electron chi connectivity index (χ0n) is 8.90. The Morgan fingerprint density at radius 1 is 1.40 bits per heavy atom. The molecule has 80 valence electrons. The van der Waals surface area contributed by atoms with Crippen LogP contribution in [0.4, 0.5) is 0 Å². The van der Waals surface area contributed by atoms with Crippen LogP contribution in [0.5, 0.6) is 0 Å². The van der Waals surface area contributed by atoms with Gasteiger partial charge in [0.05, 0.1) is 0 Å². The third-order valence-corrected chi connectivity index (χ3v) is 2.23. The minimum atomic E-state index is -1.53. The Balaban J connectivity index is 3.13. The Labute approximate surface area is 89.1 Å². The van der Waals surface area contributed by atoms with Crippen molar-refractivity contribution in [1.82, 2.24) is 4.98 Å². The van der Waals surface area contributed by atoms with Gasteiger partial charge in [0.2, 0.25) is 0 Å². The summed E-state index contributed by atoms with van der Waals surface area (Å²) in [7, 11) is -1.53. The first-order valence-corrected chi connectivity index (χ1v) is 4.99. The van der Waals surface area contributed by atoms with Crippen LogP contribution in [-0.2, 0) is 6.42 Å². The highest BCUT2D eigenvalue weighted by molar-refractivity contribution is 6.59. The number of rotatable bonds is 4. The zero-order valence-corrected chi connectivity index (χ0v) is 8.90. The first-order valence-electron chi connectivity index (χ1n) is 4.99. The molecule has 0 radical (unpaired) electrons. The number of pyridine rings is 1. The van der Waals surface area contributed by atoms with Crippen LogP contribution in [0, 0.1) is 0 Å². The van der Waals surface area contributed by atoms with Gasteiger partial charge in [-0.1, -0.05) is 19.9 Å². The molecule has 0 fully saturated rings. The van der Waals surface area contributed by atoms with E-state index in [1.807, 2.05) is 6.92 Å². The van der Waals surface area contributed by atoms with E-state index in [2.05, 4.69) is 4.98 Å². The van der Waals surface area contributed by atoms with E-state index in [9.17, 15) is 4.79 Å². The number of aromatic nitrogens is 1. The molecular formula is C10H14BNO3. The van der Waals surface area contributed by atoms with Crippen molar-refractivity contribution in [3.8, 4) is 0 Å². The molecule has 1 heterocycles. The molecule has 4 nitrogen and oxygen atoms in total. The number of hydrogen-bond acceptors (Lipinski definition) is 4. The number of Topliss-reactive ketones (excluding diaryl/α,β-unsaturated/α-hetero) is 1. The highest BCUT2D eigenvalue weighted by atomic mass is 16.4. The second kappa shape index (κ2) is 5.05. The minimum Gasteiger partial charge on any atom is -0.423 e. The Morgan fingerprint density at radius 2 is 2.07 bits per heavy atom. The van der Waals surface area contributed by atoms with Gasteiger partial charge in [-0.25, -0.2) is 0 Å². The maximum atomic E-state index is 11.4. The fourth-order valence-electron chi connectivity index (χ4n) is 1.37. The van der Waals surface area contributed by atoms with Crippen molar-refractivity contribution >= 4 is 18.4 Å². The summed E-state index contributed by atoms with van der Waals surface area (Å²) in [5, 5.41) is 18.1. The first-order chi connectivity index (χ1) is 7.10. The summed E-state index contributed by atoms with van der Waals surface area (Å²) in [6, 6.07) is 3.07. The molecule has 0 saturated carbocycles. The van der Waals surface area contributed by atoms with Gasteiger partial charge in [-0.15, -0.1) is 0 Å². The topological polar surface area (TPSA) is 70.4 Å². The summed E-state index contributed by atoms with van der Waals surface area (Å²) < 4.78 is 0. The van der Waals surface area contributed by atoms with Crippen LogP contribution < -0.4 is 5.46 Å². The van der Waals surface area contributed by atoms with Gasteiger partial charge in [-0.2, -0.15) is 0 Å². The van der Waals surface area contributed by atoms with E-state index in [-0.39, 0.29) is 5.78 Å². The average molecular weight is 207 g/mol. The molecule has 0 aliphatic rings. The summed E-state index contributed by atoms with van der Waals surface area (Å²) in [5.41, 5.74) is 1.31. The van der Waals surface area contributed by atoms with Crippen LogP contribution in [-0.4, -0.2) is 27.9 Å². The zero-order chi connectivity index (χ0) is 11.4. The standard InChI is InChI=1S/C10H14BNO3/c1-3-8-7(11(14)15)5-6-9(12-8)10(13)4-2/h5-6,14-15H,3-4H2,1-2H3. The maximum Gasteiger partial charge on any atom is 0.490 e. The lowest BCUT2D eigenvalue weighted by Crippen LogP contribution is -2.34. The smallest absolute Gasteiger partial charge is 0.423 e. The van der Waals surface area contributed by atoms with Gasteiger partial charge < -0.3 is 10.0 Å². The van der Waals surface area contributed by atoms with Crippen molar-refractivity contribution in [2.75, 3.05) is 0 Å². The van der Waals surface area contributed by atoms with E-state index < -0.39 is 7.12 Å². The van der Waals surface area contributed by atoms with Crippen LogP contribution in [0.15, 0.2) is 12.1 Å². The molecule has 5 heteroatoms. The molecule has 0 saturated heterocycles. The molecule has 0 atom stereocenters. The van der Waals surface area contributed by atoms with Crippen molar-refractivity contribution in [1.29, 1.82) is 0 Å². The molecule has 0 spiro atoms. The second-order valence-electron chi connectivity index (χ2n) is 3.24. The van der Waals surface area contributed by atoms with Gasteiger partial charge in [0.1, 0.15) is 5.69 Å². The predicted molar refractivity (Wildman–Crippen MR) is 58.1 cm³/mol. The number of hydrogen-bond donors (Lipinski definition) is 2. The Hall–Kier alpha value is -1.20. The fourth-order valence-corrected chi connectivity index (χ4v) is 1.37. The summed E-state index contributed by atoms with van der Waals surface area (Å²) in [5.74, 6) is -0.0383. The Morgan fingerprint density at radius 3 is 2.53 bits per heavy atom. The predicted octanol–water partition coefficient (Wildman–Crippen LogP) is -0.0835. The Bertz CT molecular complexity index is 366. The van der Waals surface area contributed by atoms with Crippen LogP contribution in [0.2, 0.25) is 0 Å². The first kappa shape index (κ1) is 11.9. The number of ketones is 1. The summed E-state index contributed by atoms with van der Waals surface area (Å²) in [6.45, 7) is 3.62. The molecule has 1 aromatic rings. The van der Waals surface area contributed by atoms with Crippen LogP contribution >= 0.6 is 0 Å². The van der Waals surface area contributed by atoms with E-state index in [0.29, 0.717) is 29.7 Å². The number of carbonyl (C=O) groups excluding carboxylic acids is 1. The number of aryl methyl sites for hydroxylation is 1. The second-order valence-corrected chi connectivity index (χ2v) is 3.24. The van der Waals surface area contributed by atoms with Crippen molar-refractivity contribution in [3.05, 3.63) is 23.5 Å². The molecule has 1 aromatic heterocycles. The molecular weight excluding hydrogens is 193 g/mol. The van der Waals surface area contributed by atoms with E-state index in [0.717, 1.165) is 0 Å². The van der Waals surface area contributed by atoms with E-state index >= 15 is 0 Å². The summed E-state index contributed by atoms with van der Waals surface area (Å²) in [4.78, 5) is 15.5. The fraction of sp³-hybridized carbons (Fsp3) is 0.400. The molecule has 0 bridgehead atoms. The number of carbonyl (C=O) groups is 1. The lowest BCUT2D eigenvalue weighted by Gasteiger charge is -2.07.